The van der Waals surface area contributed by atoms with E-state index in [2.05, 4.69) is 15.5 Å². The summed E-state index contributed by atoms with van der Waals surface area (Å²) in [5, 5.41) is 5.24. The molecule has 2 amide bonds. The van der Waals surface area contributed by atoms with Crippen molar-refractivity contribution in [1.82, 2.24) is 4.90 Å². The van der Waals surface area contributed by atoms with Crippen molar-refractivity contribution in [2.24, 2.45) is 11.1 Å². The zero-order chi connectivity index (χ0) is 20.0. The number of amides is 2. The van der Waals surface area contributed by atoms with Crippen LogP contribution in [0.2, 0.25) is 0 Å². The minimum absolute atomic E-state index is 0. The molecule has 0 bridgehead atoms. The molecular formula is C19H31Cl2FN4O3. The highest BCUT2D eigenvalue weighted by Crippen LogP contribution is 2.22. The summed E-state index contributed by atoms with van der Waals surface area (Å²) in [4.78, 5) is 26.5. The summed E-state index contributed by atoms with van der Waals surface area (Å²) in [5.41, 5.74) is 5.94. The average molecular weight is 453 g/mol. The molecule has 166 valence electrons. The van der Waals surface area contributed by atoms with Crippen LogP contribution in [-0.4, -0.2) is 55.6 Å². The van der Waals surface area contributed by atoms with E-state index in [1.807, 2.05) is 20.8 Å². The van der Waals surface area contributed by atoms with Gasteiger partial charge in [0.25, 0.3) is 0 Å². The minimum atomic E-state index is -0.714. The van der Waals surface area contributed by atoms with E-state index in [4.69, 9.17) is 10.5 Å². The third-order valence-corrected chi connectivity index (χ3v) is 4.48. The normalized spacial score (nSPS) is 15.5. The Labute approximate surface area is 183 Å². The lowest BCUT2D eigenvalue weighted by Crippen LogP contribution is -2.45. The average Bonchev–Trinajstić information content (AvgIpc) is 2.62. The van der Waals surface area contributed by atoms with Crippen molar-refractivity contribution in [2.45, 2.75) is 33.2 Å². The number of nitrogens with zero attached hydrogens (tertiary/aromatic N) is 1. The van der Waals surface area contributed by atoms with Crippen LogP contribution < -0.4 is 16.4 Å². The first kappa shape index (κ1) is 27.5. The second-order valence-corrected chi connectivity index (χ2v) is 7.78. The Morgan fingerprint density at radius 2 is 1.83 bits per heavy atom. The second kappa shape index (κ2) is 12.3. The van der Waals surface area contributed by atoms with Crippen molar-refractivity contribution >= 4 is 48.0 Å². The van der Waals surface area contributed by atoms with E-state index < -0.39 is 17.3 Å². The number of anilines is 2. The highest BCUT2D eigenvalue weighted by atomic mass is 35.5. The van der Waals surface area contributed by atoms with Gasteiger partial charge in [-0.25, -0.2) is 4.39 Å². The summed E-state index contributed by atoms with van der Waals surface area (Å²) >= 11 is 0. The Bertz CT molecular complexity index is 680. The van der Waals surface area contributed by atoms with Crippen LogP contribution in [-0.2, 0) is 14.3 Å². The molecule has 1 atom stereocenters. The number of rotatable bonds is 6. The highest BCUT2D eigenvalue weighted by Gasteiger charge is 2.27. The molecule has 1 aliphatic heterocycles. The van der Waals surface area contributed by atoms with Crippen LogP contribution in [0.4, 0.5) is 15.8 Å². The third kappa shape index (κ3) is 8.84. The van der Waals surface area contributed by atoms with E-state index >= 15 is 0 Å². The predicted octanol–water partition coefficient (Wildman–Crippen LogP) is 2.64. The summed E-state index contributed by atoms with van der Waals surface area (Å²) < 4.78 is 19.3. The van der Waals surface area contributed by atoms with Crippen molar-refractivity contribution in [3.63, 3.8) is 0 Å². The van der Waals surface area contributed by atoms with Gasteiger partial charge in [-0.1, -0.05) is 20.8 Å². The fourth-order valence-corrected chi connectivity index (χ4v) is 2.61. The maximum Gasteiger partial charge on any atom is 0.241 e. The molecule has 10 heteroatoms. The van der Waals surface area contributed by atoms with Gasteiger partial charge in [0, 0.05) is 31.7 Å². The van der Waals surface area contributed by atoms with E-state index in [9.17, 15) is 14.0 Å². The molecule has 0 saturated carbocycles. The molecule has 1 aromatic rings. The van der Waals surface area contributed by atoms with Crippen LogP contribution >= 0.6 is 24.8 Å². The molecule has 0 spiro atoms. The van der Waals surface area contributed by atoms with Crippen molar-refractivity contribution in [2.75, 3.05) is 43.5 Å². The lowest BCUT2D eigenvalue weighted by atomic mass is 9.87. The number of halogens is 3. The molecule has 4 N–H and O–H groups in total. The first-order valence-electron chi connectivity index (χ1n) is 9.13. The van der Waals surface area contributed by atoms with Crippen LogP contribution in [0.25, 0.3) is 0 Å². The van der Waals surface area contributed by atoms with E-state index in [0.717, 1.165) is 13.1 Å². The van der Waals surface area contributed by atoms with Crippen LogP contribution in [0.3, 0.4) is 0 Å². The van der Waals surface area contributed by atoms with Gasteiger partial charge in [0.2, 0.25) is 11.8 Å². The van der Waals surface area contributed by atoms with Gasteiger partial charge in [-0.15, -0.1) is 24.8 Å². The molecule has 1 aromatic carbocycles. The Balaban J connectivity index is 0.00000392. The van der Waals surface area contributed by atoms with Crippen molar-refractivity contribution in [1.29, 1.82) is 0 Å². The maximum absolute atomic E-state index is 14.0. The number of carbonyl (C=O) groups is 2. The number of carbonyl (C=O) groups excluding carboxylic acids is 2. The SMILES string of the molecule is CC(C)(C)[C@H](N)C(=O)Nc1ccc(F)c(NC(=O)CCN2CCOCC2)c1.Cl.Cl. The van der Waals surface area contributed by atoms with Gasteiger partial charge in [0.15, 0.2) is 0 Å². The Morgan fingerprint density at radius 3 is 2.41 bits per heavy atom. The van der Waals surface area contributed by atoms with Gasteiger partial charge in [0.05, 0.1) is 24.9 Å². The second-order valence-electron chi connectivity index (χ2n) is 7.78. The van der Waals surface area contributed by atoms with Gasteiger partial charge in [0.1, 0.15) is 5.82 Å². The monoisotopic (exact) mass is 452 g/mol. The van der Waals surface area contributed by atoms with Crippen molar-refractivity contribution in [3.05, 3.63) is 24.0 Å². The summed E-state index contributed by atoms with van der Waals surface area (Å²) in [6.45, 7) is 9.08. The topological polar surface area (TPSA) is 96.7 Å². The van der Waals surface area contributed by atoms with Crippen molar-refractivity contribution < 1.29 is 18.7 Å². The molecule has 1 aliphatic rings. The zero-order valence-electron chi connectivity index (χ0n) is 17.0. The van der Waals surface area contributed by atoms with E-state index in [1.54, 1.807) is 0 Å². The Morgan fingerprint density at radius 1 is 1.21 bits per heavy atom. The van der Waals surface area contributed by atoms with Gasteiger partial charge >= 0.3 is 0 Å². The van der Waals surface area contributed by atoms with Gasteiger partial charge in [-0.3, -0.25) is 14.5 Å². The Kier molecular flexibility index (Phi) is 11.7. The van der Waals surface area contributed by atoms with Crippen LogP contribution in [0.15, 0.2) is 18.2 Å². The molecule has 0 unspecified atom stereocenters. The summed E-state index contributed by atoms with van der Waals surface area (Å²) in [6.07, 6.45) is 0.255. The molecule has 1 fully saturated rings. The first-order valence-corrected chi connectivity index (χ1v) is 9.13. The van der Waals surface area contributed by atoms with E-state index in [0.29, 0.717) is 25.4 Å². The summed E-state index contributed by atoms with van der Waals surface area (Å²) in [5.74, 6) is -1.21. The minimum Gasteiger partial charge on any atom is -0.379 e. The molecule has 1 heterocycles. The smallest absolute Gasteiger partial charge is 0.241 e. The fourth-order valence-electron chi connectivity index (χ4n) is 2.61. The van der Waals surface area contributed by atoms with E-state index in [1.165, 1.54) is 18.2 Å². The maximum atomic E-state index is 14.0. The standard InChI is InChI=1S/C19H29FN4O3.2ClH/c1-19(2,3)17(21)18(26)22-13-4-5-14(20)15(12-13)23-16(25)6-7-24-8-10-27-11-9-24;;/h4-5,12,17H,6-11,21H2,1-3H3,(H,22,26)(H,23,25);2*1H/t17-;;/m1../s1. The summed E-state index contributed by atoms with van der Waals surface area (Å²) in [7, 11) is 0. The van der Waals surface area contributed by atoms with Crippen LogP contribution in [0, 0.1) is 11.2 Å². The number of nitrogens with two attached hydrogens (primary N) is 1. The lowest BCUT2D eigenvalue weighted by Gasteiger charge is -2.26. The number of benzene rings is 1. The summed E-state index contributed by atoms with van der Waals surface area (Å²) in [6, 6.07) is 3.32. The molecular weight excluding hydrogens is 422 g/mol. The predicted molar refractivity (Wildman–Crippen MR) is 117 cm³/mol. The number of morpholine rings is 1. The number of hydrogen-bond donors (Lipinski definition) is 3. The number of hydrogen-bond acceptors (Lipinski definition) is 5. The fraction of sp³-hybridized carbons (Fsp3) is 0.579. The molecule has 2 rings (SSSR count). The molecule has 0 radical (unpaired) electrons. The zero-order valence-corrected chi connectivity index (χ0v) is 18.6. The first-order chi connectivity index (χ1) is 12.7. The number of nitrogens with one attached hydrogen (secondary N) is 2. The molecule has 29 heavy (non-hydrogen) atoms. The Hall–Kier alpha value is -1.45. The third-order valence-electron chi connectivity index (χ3n) is 4.48. The van der Waals surface area contributed by atoms with Gasteiger partial charge in [-0.2, -0.15) is 0 Å². The van der Waals surface area contributed by atoms with Gasteiger partial charge < -0.3 is 21.1 Å². The molecule has 1 saturated heterocycles. The largest absolute Gasteiger partial charge is 0.379 e. The lowest BCUT2D eigenvalue weighted by molar-refractivity contribution is -0.119. The quantitative estimate of drug-likeness (QED) is 0.616. The molecule has 0 aromatic heterocycles. The van der Waals surface area contributed by atoms with Crippen LogP contribution in [0.1, 0.15) is 27.2 Å². The van der Waals surface area contributed by atoms with Crippen LogP contribution in [0.5, 0.6) is 0 Å². The van der Waals surface area contributed by atoms with Gasteiger partial charge in [-0.05, 0) is 23.6 Å². The number of ether oxygens (including phenoxy) is 1. The van der Waals surface area contributed by atoms with E-state index in [-0.39, 0.29) is 48.7 Å². The molecule has 7 nitrogen and oxygen atoms in total. The molecule has 0 aliphatic carbocycles. The highest BCUT2D eigenvalue weighted by molar-refractivity contribution is 5.96. The van der Waals surface area contributed by atoms with Crippen molar-refractivity contribution in [3.8, 4) is 0 Å².